The summed E-state index contributed by atoms with van der Waals surface area (Å²) in [4.78, 5) is 10.2. The molecule has 0 radical (unpaired) electrons. The quantitative estimate of drug-likeness (QED) is 0.0326. The van der Waals surface area contributed by atoms with Crippen LogP contribution in [0.3, 0.4) is 0 Å². The molecular formula is C58H92N2NiO2. The molecule has 0 atom stereocenters. The van der Waals surface area contributed by atoms with E-state index >= 15 is 0 Å². The largest absolute Gasteiger partial charge is 2.00 e. The summed E-state index contributed by atoms with van der Waals surface area (Å²) in [6, 6.07) is 25.4. The van der Waals surface area contributed by atoms with Crippen molar-refractivity contribution in [2.45, 2.75) is 245 Å². The van der Waals surface area contributed by atoms with Crippen molar-refractivity contribution >= 4 is 22.8 Å². The minimum absolute atomic E-state index is 0. The van der Waals surface area contributed by atoms with Gasteiger partial charge in [-0.1, -0.05) is 262 Å². The number of benzene rings is 3. The van der Waals surface area contributed by atoms with Crippen LogP contribution in [-0.4, -0.2) is 11.4 Å². The Bertz CT molecular complexity index is 1490. The van der Waals surface area contributed by atoms with Crippen molar-refractivity contribution in [2.24, 2.45) is 9.98 Å². The zero-order chi connectivity index (χ0) is 44.4. The Morgan fingerprint density at radius 1 is 0.349 bits per heavy atom. The molecule has 0 bridgehead atoms. The molecule has 5 heteroatoms. The van der Waals surface area contributed by atoms with Crippen LogP contribution in [0.2, 0.25) is 0 Å². The van der Waals surface area contributed by atoms with Gasteiger partial charge in [-0.2, -0.15) is 0 Å². The number of para-hydroxylation sites is 2. The van der Waals surface area contributed by atoms with Crippen molar-refractivity contribution < 1.29 is 26.7 Å². The summed E-state index contributed by atoms with van der Waals surface area (Å²) in [6.45, 7) is 6.66. The topological polar surface area (TPSA) is 70.8 Å². The van der Waals surface area contributed by atoms with Gasteiger partial charge < -0.3 is 10.2 Å². The van der Waals surface area contributed by atoms with E-state index in [4.69, 9.17) is 9.98 Å². The van der Waals surface area contributed by atoms with E-state index in [1.54, 1.807) is 6.07 Å². The van der Waals surface area contributed by atoms with Gasteiger partial charge in [0.2, 0.25) is 0 Å². The molecule has 0 spiro atoms. The molecule has 0 N–H and O–H groups in total. The van der Waals surface area contributed by atoms with Crippen molar-refractivity contribution in [2.75, 3.05) is 0 Å². The second-order valence-electron chi connectivity index (χ2n) is 18.1. The van der Waals surface area contributed by atoms with Crippen molar-refractivity contribution in [1.29, 1.82) is 0 Å². The van der Waals surface area contributed by atoms with Gasteiger partial charge in [0, 0.05) is 0 Å². The molecule has 0 aliphatic rings. The normalized spacial score (nSPS) is 11.6. The van der Waals surface area contributed by atoms with E-state index in [2.05, 4.69) is 81.4 Å². The summed E-state index contributed by atoms with van der Waals surface area (Å²) < 4.78 is 0. The molecule has 0 unspecified atom stereocenters. The molecule has 0 aliphatic heterocycles. The van der Waals surface area contributed by atoms with Gasteiger partial charge in [0.25, 0.3) is 0 Å². The molecule has 0 saturated carbocycles. The molecule has 0 aromatic heterocycles. The van der Waals surface area contributed by atoms with Gasteiger partial charge >= 0.3 is 16.5 Å². The van der Waals surface area contributed by atoms with Crippen LogP contribution in [0.4, 0.5) is 11.4 Å². The molecule has 356 valence electrons. The first-order chi connectivity index (χ1) is 30.6. The van der Waals surface area contributed by atoms with Crippen molar-refractivity contribution in [1.82, 2.24) is 0 Å². The number of rotatable bonds is 38. The van der Waals surface area contributed by atoms with Gasteiger partial charge in [-0.15, -0.1) is 11.5 Å². The van der Waals surface area contributed by atoms with Crippen LogP contribution in [0, 0.1) is 0 Å². The number of unbranched alkanes of at least 4 members (excludes halogenated alkanes) is 29. The first kappa shape index (κ1) is 58.1. The predicted octanol–water partition coefficient (Wildman–Crippen LogP) is 18.2. The van der Waals surface area contributed by atoms with Gasteiger partial charge in [0.05, 0.1) is 22.8 Å². The molecule has 3 rings (SSSR count). The maximum Gasteiger partial charge on any atom is 2.00 e. The first-order valence-electron chi connectivity index (χ1n) is 26.3. The zero-order valence-corrected chi connectivity index (χ0v) is 41.8. The predicted molar refractivity (Wildman–Crippen MR) is 270 cm³/mol. The summed E-state index contributed by atoms with van der Waals surface area (Å²) >= 11 is 0. The molecule has 0 heterocycles. The van der Waals surface area contributed by atoms with E-state index in [-0.39, 0.29) is 22.2 Å². The third kappa shape index (κ3) is 33.3. The summed E-state index contributed by atoms with van der Waals surface area (Å²) in [5.41, 5.74) is 5.41. The Morgan fingerprint density at radius 3 is 1.00 bits per heavy atom. The Kier molecular flexibility index (Phi) is 39.7. The molecule has 4 nitrogen and oxygen atoms in total. The van der Waals surface area contributed by atoms with Crippen molar-refractivity contribution in [3.8, 4) is 11.5 Å². The third-order valence-electron chi connectivity index (χ3n) is 12.2. The van der Waals surface area contributed by atoms with E-state index in [0.717, 1.165) is 55.5 Å². The SMILES string of the molecule is CCCCCCCCCCCCCCCCCCCCCCCCCCCCCCC(=Nc1ccccc1)C(CCCC)=Nc1ccccc1.CCCCc1ccc([O-])c([O-])c1.[Ni+2]. The maximum atomic E-state index is 10.9. The first-order valence-corrected chi connectivity index (χ1v) is 26.3. The summed E-state index contributed by atoms with van der Waals surface area (Å²) in [5, 5.41) is 21.6. The van der Waals surface area contributed by atoms with Crippen LogP contribution >= 0.6 is 0 Å². The number of aliphatic imine (C=N–C) groups is 2. The molecule has 0 saturated heterocycles. The van der Waals surface area contributed by atoms with Gasteiger partial charge in [0.1, 0.15) is 0 Å². The summed E-state index contributed by atoms with van der Waals surface area (Å²) in [6.07, 6.45) is 47.6. The van der Waals surface area contributed by atoms with Crippen LogP contribution in [0.5, 0.6) is 11.5 Å². The molecule has 3 aromatic rings. The van der Waals surface area contributed by atoms with Crippen LogP contribution in [0.25, 0.3) is 0 Å². The average Bonchev–Trinajstić information content (AvgIpc) is 3.29. The monoisotopic (exact) mass is 907 g/mol. The maximum absolute atomic E-state index is 10.9. The molecule has 0 aliphatic carbocycles. The Labute approximate surface area is 399 Å². The number of aryl methyl sites for hydroxylation is 1. The van der Waals surface area contributed by atoms with E-state index in [0.29, 0.717) is 0 Å². The van der Waals surface area contributed by atoms with E-state index in [9.17, 15) is 10.2 Å². The second kappa shape index (κ2) is 43.0. The summed E-state index contributed by atoms with van der Waals surface area (Å²) in [5.74, 6) is -0.793. The van der Waals surface area contributed by atoms with Crippen LogP contribution in [0.1, 0.15) is 245 Å². The second-order valence-corrected chi connectivity index (χ2v) is 18.1. The Hall–Kier alpha value is -2.91. The average molecular weight is 908 g/mol. The van der Waals surface area contributed by atoms with Crippen LogP contribution in [-0.2, 0) is 22.9 Å². The van der Waals surface area contributed by atoms with E-state index in [1.807, 2.05) is 0 Å². The smallest absolute Gasteiger partial charge is 0.873 e. The van der Waals surface area contributed by atoms with E-state index in [1.165, 1.54) is 210 Å². The molecule has 0 fully saturated rings. The number of hydrogen-bond acceptors (Lipinski definition) is 4. The zero-order valence-electron chi connectivity index (χ0n) is 40.8. The van der Waals surface area contributed by atoms with Gasteiger partial charge in [0.15, 0.2) is 0 Å². The van der Waals surface area contributed by atoms with Crippen LogP contribution in [0.15, 0.2) is 88.8 Å². The standard InChI is InChI=1S/C48H80N2.C10H14O2.Ni/c1-3-5-7-8-9-10-11-12-13-14-15-16-17-18-19-20-21-22-23-24-25-26-27-28-29-30-31-38-44-48(50-46-41-36-33-37-42-46)47(43-6-4-2)49-45-39-34-32-35-40-45;1-2-3-4-8-5-6-9(11)10(12)7-8;/h32-37,39-42H,3-31,38,43-44H2,1-2H3;5-7,11-12H,2-4H2,1H3;/q;;+2/p-2. The Balaban J connectivity index is 0.00000131. The fourth-order valence-electron chi connectivity index (χ4n) is 8.24. The number of hydrogen-bond donors (Lipinski definition) is 0. The third-order valence-corrected chi connectivity index (χ3v) is 12.2. The minimum atomic E-state index is -0.407. The number of nitrogens with zero attached hydrogens (tertiary/aromatic N) is 2. The van der Waals surface area contributed by atoms with E-state index < -0.39 is 5.75 Å². The Morgan fingerprint density at radius 2 is 0.667 bits per heavy atom. The molecule has 3 aromatic carbocycles. The van der Waals surface area contributed by atoms with Crippen molar-refractivity contribution in [3.63, 3.8) is 0 Å². The molecule has 63 heavy (non-hydrogen) atoms. The van der Waals surface area contributed by atoms with Crippen LogP contribution < -0.4 is 10.2 Å². The van der Waals surface area contributed by atoms with Crippen molar-refractivity contribution in [3.05, 3.63) is 84.4 Å². The summed E-state index contributed by atoms with van der Waals surface area (Å²) in [7, 11) is 0. The van der Waals surface area contributed by atoms with Gasteiger partial charge in [-0.05, 0) is 68.4 Å². The molecule has 0 amide bonds. The van der Waals surface area contributed by atoms with Gasteiger partial charge in [-0.3, -0.25) is 9.98 Å². The molecular weight excluding hydrogens is 815 g/mol. The fraction of sp³-hybridized carbons (Fsp3) is 0.655. The fourth-order valence-corrected chi connectivity index (χ4v) is 8.24. The minimum Gasteiger partial charge on any atom is -0.873 e. The van der Waals surface area contributed by atoms with Gasteiger partial charge in [-0.25, -0.2) is 0 Å².